The minimum Gasteiger partial charge on any atom is -0.350 e. The lowest BCUT2D eigenvalue weighted by atomic mass is 10.1. The van der Waals surface area contributed by atoms with Gasteiger partial charge < -0.3 is 15.1 Å². The Morgan fingerprint density at radius 3 is 1.96 bits per heavy atom. The molecule has 0 aliphatic carbocycles. The van der Waals surface area contributed by atoms with Gasteiger partial charge in [-0.15, -0.1) is 0 Å². The van der Waals surface area contributed by atoms with Crippen molar-refractivity contribution in [1.29, 1.82) is 0 Å². The number of hydrogen-bond donors (Lipinski definition) is 1. The number of nitrogens with one attached hydrogen (secondary N) is 1. The van der Waals surface area contributed by atoms with Crippen LogP contribution in [-0.2, 0) is 6.54 Å². The van der Waals surface area contributed by atoms with Crippen molar-refractivity contribution in [3.63, 3.8) is 0 Å². The summed E-state index contributed by atoms with van der Waals surface area (Å²) in [5.41, 5.74) is 2.25. The topological polar surface area (TPSA) is 57.2 Å². The first-order chi connectivity index (χ1) is 13.7. The molecule has 0 bridgehead atoms. The van der Waals surface area contributed by atoms with Crippen molar-refractivity contribution in [2.24, 2.45) is 0 Å². The third-order valence-electron chi connectivity index (χ3n) is 5.67. The van der Waals surface area contributed by atoms with Gasteiger partial charge in [-0.1, -0.05) is 23.7 Å². The van der Waals surface area contributed by atoms with E-state index in [4.69, 9.17) is 26.6 Å². The highest BCUT2D eigenvalue weighted by Gasteiger charge is 2.20. The van der Waals surface area contributed by atoms with E-state index in [0.717, 1.165) is 48.7 Å². The van der Waals surface area contributed by atoms with Gasteiger partial charge in [0.2, 0.25) is 17.8 Å². The molecule has 0 unspecified atom stereocenters. The molecule has 0 atom stereocenters. The van der Waals surface area contributed by atoms with Crippen LogP contribution in [-0.4, -0.2) is 41.1 Å². The summed E-state index contributed by atoms with van der Waals surface area (Å²) in [6, 6.07) is 5.99. The second kappa shape index (κ2) is 8.95. The van der Waals surface area contributed by atoms with Crippen LogP contribution in [0.2, 0.25) is 5.02 Å². The Morgan fingerprint density at radius 1 is 0.857 bits per heavy atom. The molecule has 2 aromatic rings. The van der Waals surface area contributed by atoms with E-state index in [1.807, 2.05) is 12.1 Å². The van der Waals surface area contributed by atoms with Gasteiger partial charge in [-0.3, -0.25) is 0 Å². The Labute approximate surface area is 172 Å². The molecule has 0 amide bonds. The molecule has 0 radical (unpaired) electrons. The van der Waals surface area contributed by atoms with Crippen molar-refractivity contribution in [1.82, 2.24) is 15.0 Å². The number of piperidine rings is 2. The zero-order valence-corrected chi connectivity index (χ0v) is 17.4. The number of aryl methyl sites for hydroxylation is 1. The molecular weight excluding hydrogens is 372 g/mol. The van der Waals surface area contributed by atoms with Gasteiger partial charge >= 0.3 is 0 Å². The summed E-state index contributed by atoms with van der Waals surface area (Å²) in [6.45, 7) is 6.76. The monoisotopic (exact) mass is 400 g/mol. The molecule has 1 aromatic carbocycles. The lowest BCUT2D eigenvalue weighted by Gasteiger charge is -2.30. The third-order valence-corrected chi connectivity index (χ3v) is 6.02. The molecule has 6 nitrogen and oxygen atoms in total. The van der Waals surface area contributed by atoms with Crippen LogP contribution in [0.1, 0.15) is 49.7 Å². The van der Waals surface area contributed by atoms with Crippen LogP contribution in [0.4, 0.5) is 17.8 Å². The van der Waals surface area contributed by atoms with Gasteiger partial charge in [-0.2, -0.15) is 15.0 Å². The zero-order chi connectivity index (χ0) is 19.3. The largest absolute Gasteiger partial charge is 0.350 e. The second-order valence-corrected chi connectivity index (χ2v) is 8.15. The highest BCUT2D eigenvalue weighted by Crippen LogP contribution is 2.24. The van der Waals surface area contributed by atoms with Crippen LogP contribution in [0, 0.1) is 6.92 Å². The Morgan fingerprint density at radius 2 is 1.43 bits per heavy atom. The predicted octanol–water partition coefficient (Wildman–Crippen LogP) is 4.43. The molecule has 7 heteroatoms. The molecule has 3 heterocycles. The highest BCUT2D eigenvalue weighted by molar-refractivity contribution is 6.31. The first-order valence-electron chi connectivity index (χ1n) is 10.4. The average molecular weight is 401 g/mol. The van der Waals surface area contributed by atoms with Crippen LogP contribution in [0.5, 0.6) is 0 Å². The van der Waals surface area contributed by atoms with E-state index in [9.17, 15) is 0 Å². The van der Waals surface area contributed by atoms with E-state index in [0.29, 0.717) is 12.5 Å². The van der Waals surface area contributed by atoms with Crippen LogP contribution in [0.15, 0.2) is 18.2 Å². The summed E-state index contributed by atoms with van der Waals surface area (Å²) in [6.07, 6.45) is 7.38. The van der Waals surface area contributed by atoms with Crippen LogP contribution < -0.4 is 15.1 Å². The standard InChI is InChI=1S/C21H29ClN6/c1-16-9-8-10-18(22)17(16)15-23-19-24-20(27-11-4-2-5-12-27)26-21(25-19)28-13-6-3-7-14-28/h8-10H,2-7,11-15H2,1H3,(H,23,24,25,26). The SMILES string of the molecule is Cc1cccc(Cl)c1CNc1nc(N2CCCCC2)nc(N2CCCCC2)n1. The van der Waals surface area contributed by atoms with Crippen molar-refractivity contribution in [2.75, 3.05) is 41.3 Å². The minimum atomic E-state index is 0.606. The third kappa shape index (κ3) is 4.49. The Bertz CT molecular complexity index is 743. The number of rotatable bonds is 5. The number of benzene rings is 1. The molecule has 1 aromatic heterocycles. The summed E-state index contributed by atoms with van der Waals surface area (Å²) in [5, 5.41) is 4.17. The lowest BCUT2D eigenvalue weighted by Crippen LogP contribution is -2.34. The number of aromatic nitrogens is 3. The number of nitrogens with zero attached hydrogens (tertiary/aromatic N) is 5. The average Bonchev–Trinajstić information content (AvgIpc) is 2.74. The molecule has 0 spiro atoms. The van der Waals surface area contributed by atoms with Gasteiger partial charge in [0, 0.05) is 37.7 Å². The molecular formula is C21H29ClN6. The molecule has 2 fully saturated rings. The van der Waals surface area contributed by atoms with E-state index in [1.54, 1.807) is 0 Å². The first kappa shape index (κ1) is 19.2. The van der Waals surface area contributed by atoms with Crippen LogP contribution >= 0.6 is 11.6 Å². The van der Waals surface area contributed by atoms with Gasteiger partial charge in [0.05, 0.1) is 0 Å². The van der Waals surface area contributed by atoms with Gasteiger partial charge in [-0.25, -0.2) is 0 Å². The number of halogens is 1. The molecule has 4 rings (SSSR count). The molecule has 2 aliphatic rings. The van der Waals surface area contributed by atoms with E-state index in [1.165, 1.54) is 44.1 Å². The predicted molar refractivity (Wildman–Crippen MR) is 115 cm³/mol. The van der Waals surface area contributed by atoms with Gasteiger partial charge in [-0.05, 0) is 62.6 Å². The number of hydrogen-bond acceptors (Lipinski definition) is 6. The molecule has 0 saturated carbocycles. The minimum absolute atomic E-state index is 0.606. The maximum atomic E-state index is 6.39. The van der Waals surface area contributed by atoms with E-state index in [-0.39, 0.29) is 0 Å². The van der Waals surface area contributed by atoms with Crippen LogP contribution in [0.3, 0.4) is 0 Å². The molecule has 150 valence electrons. The molecule has 28 heavy (non-hydrogen) atoms. The highest BCUT2D eigenvalue weighted by atomic mass is 35.5. The summed E-state index contributed by atoms with van der Waals surface area (Å²) in [7, 11) is 0. The van der Waals surface area contributed by atoms with E-state index in [2.05, 4.69) is 28.1 Å². The fraction of sp³-hybridized carbons (Fsp3) is 0.571. The van der Waals surface area contributed by atoms with Gasteiger partial charge in [0.15, 0.2) is 0 Å². The summed E-state index contributed by atoms with van der Waals surface area (Å²) in [5.74, 6) is 2.23. The second-order valence-electron chi connectivity index (χ2n) is 7.74. The van der Waals surface area contributed by atoms with Gasteiger partial charge in [0.1, 0.15) is 0 Å². The van der Waals surface area contributed by atoms with Crippen molar-refractivity contribution in [3.8, 4) is 0 Å². The van der Waals surface area contributed by atoms with E-state index < -0.39 is 0 Å². The normalized spacial score (nSPS) is 17.6. The van der Waals surface area contributed by atoms with Crippen molar-refractivity contribution >= 4 is 29.4 Å². The maximum Gasteiger partial charge on any atom is 0.231 e. The smallest absolute Gasteiger partial charge is 0.231 e. The lowest BCUT2D eigenvalue weighted by molar-refractivity contribution is 0.556. The van der Waals surface area contributed by atoms with Gasteiger partial charge in [0.25, 0.3) is 0 Å². The van der Waals surface area contributed by atoms with Crippen molar-refractivity contribution in [3.05, 3.63) is 34.3 Å². The van der Waals surface area contributed by atoms with E-state index >= 15 is 0 Å². The maximum absolute atomic E-state index is 6.39. The van der Waals surface area contributed by atoms with Crippen molar-refractivity contribution < 1.29 is 0 Å². The fourth-order valence-electron chi connectivity index (χ4n) is 3.96. The summed E-state index contributed by atoms with van der Waals surface area (Å²) >= 11 is 6.39. The molecule has 2 saturated heterocycles. The Balaban J connectivity index is 1.59. The Hall–Kier alpha value is -2.08. The van der Waals surface area contributed by atoms with Crippen molar-refractivity contribution in [2.45, 2.75) is 52.0 Å². The first-order valence-corrected chi connectivity index (χ1v) is 10.8. The molecule has 1 N–H and O–H groups in total. The Kier molecular flexibility index (Phi) is 6.15. The summed E-state index contributed by atoms with van der Waals surface area (Å²) < 4.78 is 0. The quantitative estimate of drug-likeness (QED) is 0.801. The zero-order valence-electron chi connectivity index (χ0n) is 16.6. The van der Waals surface area contributed by atoms with Crippen LogP contribution in [0.25, 0.3) is 0 Å². The fourth-order valence-corrected chi connectivity index (χ4v) is 4.25. The number of anilines is 3. The summed E-state index contributed by atoms with van der Waals surface area (Å²) in [4.78, 5) is 18.9. The molecule has 2 aliphatic heterocycles.